The van der Waals surface area contributed by atoms with Crippen molar-refractivity contribution in [3.63, 3.8) is 0 Å². The molecule has 1 aromatic heterocycles. The zero-order valence-corrected chi connectivity index (χ0v) is 13.2. The largest absolute Gasteiger partial charge is 0.296 e. The number of hydrogen-bond donors (Lipinski definition) is 2. The number of nitrogens with zero attached hydrogens (tertiary/aromatic N) is 1. The monoisotopic (exact) mass is 281 g/mol. The van der Waals surface area contributed by atoms with E-state index in [1.165, 1.54) is 48.5 Å². The Balaban J connectivity index is 2.19. The predicted molar refractivity (Wildman–Crippen MR) is 83.2 cm³/mol. The topological polar surface area (TPSA) is 41.3 Å². The van der Waals surface area contributed by atoms with Crippen molar-refractivity contribution in [1.82, 2.24) is 10.3 Å². The van der Waals surface area contributed by atoms with Gasteiger partial charge in [-0.3, -0.25) is 16.2 Å². The molecule has 0 bridgehead atoms. The molecule has 1 atom stereocenters. The van der Waals surface area contributed by atoms with Crippen LogP contribution in [0.3, 0.4) is 0 Å². The fraction of sp³-hybridized carbons (Fsp3) is 0.733. The summed E-state index contributed by atoms with van der Waals surface area (Å²) >= 11 is 1.85. The van der Waals surface area contributed by atoms with E-state index in [9.17, 15) is 0 Å². The number of hydrazine groups is 1. The maximum Gasteiger partial charge on any atom is 0.0731 e. The number of nitrogens with one attached hydrogen (secondary N) is 1. The molecule has 3 N–H and O–H groups in total. The van der Waals surface area contributed by atoms with Crippen molar-refractivity contribution < 1.29 is 0 Å². The third kappa shape index (κ3) is 3.37. The molecule has 0 radical (unpaired) electrons. The number of nitrogens with two attached hydrogens (primary N) is 1. The van der Waals surface area contributed by atoms with Crippen LogP contribution in [0.15, 0.2) is 12.1 Å². The molecule has 2 heterocycles. The highest BCUT2D eigenvalue weighted by atomic mass is 32.1. The molecule has 1 aliphatic heterocycles. The summed E-state index contributed by atoms with van der Waals surface area (Å²) in [5.74, 6) is 5.88. The summed E-state index contributed by atoms with van der Waals surface area (Å²) in [5.41, 5.74) is 3.11. The minimum absolute atomic E-state index is 0.0520. The van der Waals surface area contributed by atoms with Gasteiger partial charge in [0.05, 0.1) is 6.04 Å². The smallest absolute Gasteiger partial charge is 0.0731 e. The first-order valence-corrected chi connectivity index (χ1v) is 8.15. The fourth-order valence-electron chi connectivity index (χ4n) is 3.07. The second-order valence-electron chi connectivity index (χ2n) is 6.10. The van der Waals surface area contributed by atoms with E-state index in [1.807, 2.05) is 11.3 Å². The van der Waals surface area contributed by atoms with Gasteiger partial charge in [0.15, 0.2) is 0 Å². The Kier molecular flexibility index (Phi) is 5.01. The maximum absolute atomic E-state index is 5.88. The van der Waals surface area contributed by atoms with Crippen molar-refractivity contribution in [2.75, 3.05) is 13.1 Å². The van der Waals surface area contributed by atoms with Crippen molar-refractivity contribution in [1.29, 1.82) is 0 Å². The van der Waals surface area contributed by atoms with Crippen LogP contribution < -0.4 is 11.3 Å². The summed E-state index contributed by atoms with van der Waals surface area (Å²) in [6, 6.07) is 4.59. The minimum atomic E-state index is 0.0520. The number of rotatable bonds is 4. The first kappa shape index (κ1) is 15.0. The summed E-state index contributed by atoms with van der Waals surface area (Å²) in [7, 11) is 0. The highest BCUT2D eigenvalue weighted by Crippen LogP contribution is 2.35. The van der Waals surface area contributed by atoms with Crippen LogP contribution in [0.1, 0.15) is 55.3 Å². The summed E-state index contributed by atoms with van der Waals surface area (Å²) in [4.78, 5) is 5.30. The highest BCUT2D eigenvalue weighted by molar-refractivity contribution is 7.12. The zero-order chi connectivity index (χ0) is 13.9. The number of thiophene rings is 1. The fourth-order valence-corrected chi connectivity index (χ4v) is 4.19. The third-order valence-corrected chi connectivity index (χ3v) is 5.41. The molecule has 1 fully saturated rings. The molecule has 0 amide bonds. The summed E-state index contributed by atoms with van der Waals surface area (Å²) in [5, 5.41) is 0. The van der Waals surface area contributed by atoms with E-state index in [0.717, 1.165) is 0 Å². The van der Waals surface area contributed by atoms with Gasteiger partial charge in [0, 0.05) is 15.3 Å². The molecule has 0 aliphatic carbocycles. The van der Waals surface area contributed by atoms with E-state index >= 15 is 0 Å². The van der Waals surface area contributed by atoms with Gasteiger partial charge in [0.1, 0.15) is 0 Å². The summed E-state index contributed by atoms with van der Waals surface area (Å²) in [6.45, 7) is 9.17. The van der Waals surface area contributed by atoms with Gasteiger partial charge in [-0.2, -0.15) is 0 Å². The molecule has 2 rings (SSSR count). The second-order valence-corrected chi connectivity index (χ2v) is 7.42. The molecule has 1 unspecified atom stereocenters. The van der Waals surface area contributed by atoms with E-state index in [0.29, 0.717) is 0 Å². The predicted octanol–water partition coefficient (Wildman–Crippen LogP) is 3.22. The van der Waals surface area contributed by atoms with Gasteiger partial charge in [0.2, 0.25) is 0 Å². The van der Waals surface area contributed by atoms with Crippen molar-refractivity contribution in [3.8, 4) is 0 Å². The lowest BCUT2D eigenvalue weighted by Crippen LogP contribution is -2.54. The number of aryl methyl sites for hydroxylation is 1. The van der Waals surface area contributed by atoms with Gasteiger partial charge in [0.25, 0.3) is 0 Å². The van der Waals surface area contributed by atoms with Crippen LogP contribution in [0.5, 0.6) is 0 Å². The Labute approximate surface area is 121 Å². The molecule has 1 saturated heterocycles. The van der Waals surface area contributed by atoms with Gasteiger partial charge in [-0.1, -0.05) is 12.8 Å². The van der Waals surface area contributed by atoms with Crippen molar-refractivity contribution in [2.45, 2.75) is 58.0 Å². The van der Waals surface area contributed by atoms with Crippen LogP contribution in [-0.2, 0) is 0 Å². The normalized spacial score (nSPS) is 20.2. The standard InChI is InChI=1S/C15H27N3S/c1-12-8-9-13(19-12)14(17-16)15(2,3)18-10-6-4-5-7-11-18/h8-9,14,17H,4-7,10-11,16H2,1-3H3. The van der Waals surface area contributed by atoms with Crippen molar-refractivity contribution in [2.24, 2.45) is 5.84 Å². The Morgan fingerprint density at radius 2 is 1.84 bits per heavy atom. The summed E-state index contributed by atoms with van der Waals surface area (Å²) < 4.78 is 0. The zero-order valence-electron chi connectivity index (χ0n) is 12.4. The van der Waals surface area contributed by atoms with Crippen molar-refractivity contribution >= 4 is 11.3 Å². The minimum Gasteiger partial charge on any atom is -0.296 e. The third-order valence-electron chi connectivity index (χ3n) is 4.34. The van der Waals surface area contributed by atoms with Crippen molar-refractivity contribution in [3.05, 3.63) is 21.9 Å². The van der Waals surface area contributed by atoms with E-state index < -0.39 is 0 Å². The average Bonchev–Trinajstić information content (AvgIpc) is 2.65. The molecule has 0 spiro atoms. The molecule has 0 saturated carbocycles. The maximum atomic E-state index is 5.88. The molecule has 0 aromatic carbocycles. The molecule has 4 heteroatoms. The first-order valence-electron chi connectivity index (χ1n) is 7.33. The molecule has 1 aromatic rings. The quantitative estimate of drug-likeness (QED) is 0.658. The van der Waals surface area contributed by atoms with Gasteiger partial charge in [-0.05, 0) is 58.8 Å². The highest BCUT2D eigenvalue weighted by Gasteiger charge is 2.36. The Morgan fingerprint density at radius 3 is 2.32 bits per heavy atom. The molecule has 1 aliphatic rings. The van der Waals surface area contributed by atoms with E-state index in [4.69, 9.17) is 5.84 Å². The lowest BCUT2D eigenvalue weighted by Gasteiger charge is -2.43. The van der Waals surface area contributed by atoms with E-state index in [2.05, 4.69) is 43.2 Å². The van der Waals surface area contributed by atoms with E-state index in [-0.39, 0.29) is 11.6 Å². The first-order chi connectivity index (χ1) is 9.05. The van der Waals surface area contributed by atoms with Crippen LogP contribution in [0.4, 0.5) is 0 Å². The van der Waals surface area contributed by atoms with Crippen LogP contribution in [-0.4, -0.2) is 23.5 Å². The van der Waals surface area contributed by atoms with Crippen LogP contribution >= 0.6 is 11.3 Å². The molecular weight excluding hydrogens is 254 g/mol. The average molecular weight is 281 g/mol. The molecular formula is C15H27N3S. The Bertz CT molecular complexity index is 392. The second kappa shape index (κ2) is 6.35. The van der Waals surface area contributed by atoms with Gasteiger partial charge >= 0.3 is 0 Å². The lowest BCUT2D eigenvalue weighted by molar-refractivity contribution is 0.0847. The molecule has 108 valence electrons. The van der Waals surface area contributed by atoms with Crippen LogP contribution in [0.25, 0.3) is 0 Å². The SMILES string of the molecule is Cc1ccc(C(NN)C(C)(C)N2CCCCCC2)s1. The van der Waals surface area contributed by atoms with E-state index in [1.54, 1.807) is 0 Å². The van der Waals surface area contributed by atoms with Gasteiger partial charge < -0.3 is 0 Å². The molecule has 3 nitrogen and oxygen atoms in total. The van der Waals surface area contributed by atoms with Gasteiger partial charge in [-0.25, -0.2) is 0 Å². The van der Waals surface area contributed by atoms with Crippen LogP contribution in [0.2, 0.25) is 0 Å². The van der Waals surface area contributed by atoms with Gasteiger partial charge in [-0.15, -0.1) is 11.3 Å². The summed E-state index contributed by atoms with van der Waals surface area (Å²) in [6.07, 6.45) is 5.35. The Morgan fingerprint density at radius 1 is 1.21 bits per heavy atom. The molecule has 19 heavy (non-hydrogen) atoms. The lowest BCUT2D eigenvalue weighted by atomic mass is 9.91. The Hall–Kier alpha value is -0.420. The van der Waals surface area contributed by atoms with Crippen LogP contribution in [0, 0.1) is 6.92 Å². The number of likely N-dealkylation sites (tertiary alicyclic amines) is 1. The number of hydrogen-bond acceptors (Lipinski definition) is 4.